The molecule has 0 amide bonds. The Kier molecular flexibility index (Phi) is 5.84. The Hall–Kier alpha value is -2.00. The molecule has 4 heteroatoms. The molecule has 0 aliphatic rings. The van der Waals surface area contributed by atoms with Crippen molar-refractivity contribution in [2.75, 3.05) is 5.32 Å². The third-order valence-corrected chi connectivity index (χ3v) is 3.81. The fourth-order valence-corrected chi connectivity index (χ4v) is 2.46. The second-order valence-corrected chi connectivity index (χ2v) is 5.88. The van der Waals surface area contributed by atoms with E-state index < -0.39 is 5.97 Å². The molecule has 0 aliphatic heterocycles. The average Bonchev–Trinajstić information content (AvgIpc) is 2.50. The minimum absolute atomic E-state index is 0.306. The van der Waals surface area contributed by atoms with Crippen molar-refractivity contribution >= 4 is 23.3 Å². The SMILES string of the molecule is CC(CCCc1ccc(Cl)cc1)Nc1ccc(C(=O)O)cc1. The van der Waals surface area contributed by atoms with E-state index in [-0.39, 0.29) is 0 Å². The van der Waals surface area contributed by atoms with Gasteiger partial charge in [0.05, 0.1) is 5.56 Å². The van der Waals surface area contributed by atoms with E-state index in [1.807, 2.05) is 12.1 Å². The van der Waals surface area contributed by atoms with Gasteiger partial charge in [-0.1, -0.05) is 23.7 Å². The fourth-order valence-electron chi connectivity index (χ4n) is 2.33. The molecule has 0 bridgehead atoms. The number of anilines is 1. The highest BCUT2D eigenvalue weighted by Crippen LogP contribution is 2.15. The molecule has 0 saturated heterocycles. The monoisotopic (exact) mass is 317 g/mol. The lowest BCUT2D eigenvalue weighted by atomic mass is 10.1. The van der Waals surface area contributed by atoms with Crippen LogP contribution in [0.25, 0.3) is 0 Å². The number of nitrogens with one attached hydrogen (secondary N) is 1. The van der Waals surface area contributed by atoms with Gasteiger partial charge in [-0.05, 0) is 68.1 Å². The Bertz CT molecular complexity index is 608. The molecule has 0 aliphatic carbocycles. The lowest BCUT2D eigenvalue weighted by molar-refractivity contribution is 0.0697. The molecule has 116 valence electrons. The highest BCUT2D eigenvalue weighted by atomic mass is 35.5. The van der Waals surface area contributed by atoms with Gasteiger partial charge in [-0.25, -0.2) is 4.79 Å². The number of hydrogen-bond donors (Lipinski definition) is 2. The highest BCUT2D eigenvalue weighted by molar-refractivity contribution is 6.30. The molecule has 0 fully saturated rings. The van der Waals surface area contributed by atoms with Crippen molar-refractivity contribution in [1.29, 1.82) is 0 Å². The number of halogens is 1. The van der Waals surface area contributed by atoms with Crippen LogP contribution in [0.3, 0.4) is 0 Å². The molecule has 2 rings (SSSR count). The first kappa shape index (κ1) is 16.4. The van der Waals surface area contributed by atoms with Gasteiger partial charge >= 0.3 is 5.97 Å². The summed E-state index contributed by atoms with van der Waals surface area (Å²) < 4.78 is 0. The van der Waals surface area contributed by atoms with Crippen molar-refractivity contribution < 1.29 is 9.90 Å². The van der Waals surface area contributed by atoms with Crippen LogP contribution in [0.4, 0.5) is 5.69 Å². The van der Waals surface area contributed by atoms with E-state index in [9.17, 15) is 4.79 Å². The Morgan fingerprint density at radius 2 is 1.77 bits per heavy atom. The molecule has 0 aromatic heterocycles. The summed E-state index contributed by atoms with van der Waals surface area (Å²) in [5.74, 6) is -0.900. The third-order valence-electron chi connectivity index (χ3n) is 3.56. The van der Waals surface area contributed by atoms with Crippen molar-refractivity contribution in [3.63, 3.8) is 0 Å². The summed E-state index contributed by atoms with van der Waals surface area (Å²) >= 11 is 5.87. The predicted molar refractivity (Wildman–Crippen MR) is 90.9 cm³/mol. The summed E-state index contributed by atoms with van der Waals surface area (Å²) in [6, 6.07) is 15.1. The van der Waals surface area contributed by atoms with Gasteiger partial charge in [-0.3, -0.25) is 0 Å². The van der Waals surface area contributed by atoms with Gasteiger partial charge in [-0.2, -0.15) is 0 Å². The van der Waals surface area contributed by atoms with Crippen LogP contribution in [0.5, 0.6) is 0 Å². The van der Waals surface area contributed by atoms with Crippen LogP contribution in [0, 0.1) is 0 Å². The zero-order valence-corrected chi connectivity index (χ0v) is 13.3. The summed E-state index contributed by atoms with van der Waals surface area (Å²) in [6.45, 7) is 2.13. The summed E-state index contributed by atoms with van der Waals surface area (Å²) in [5.41, 5.74) is 2.55. The third kappa shape index (κ3) is 5.08. The Morgan fingerprint density at radius 1 is 1.14 bits per heavy atom. The van der Waals surface area contributed by atoms with Gasteiger partial charge in [0.15, 0.2) is 0 Å². The minimum atomic E-state index is -0.900. The minimum Gasteiger partial charge on any atom is -0.478 e. The van der Waals surface area contributed by atoms with E-state index in [0.717, 1.165) is 30.0 Å². The van der Waals surface area contributed by atoms with E-state index >= 15 is 0 Å². The van der Waals surface area contributed by atoms with Gasteiger partial charge in [0.25, 0.3) is 0 Å². The first-order chi connectivity index (χ1) is 10.5. The first-order valence-electron chi connectivity index (χ1n) is 7.39. The van der Waals surface area contributed by atoms with E-state index in [1.165, 1.54) is 5.56 Å². The lowest BCUT2D eigenvalue weighted by Crippen LogP contribution is -2.15. The summed E-state index contributed by atoms with van der Waals surface area (Å²) in [7, 11) is 0. The largest absolute Gasteiger partial charge is 0.478 e. The van der Waals surface area contributed by atoms with E-state index in [1.54, 1.807) is 24.3 Å². The van der Waals surface area contributed by atoms with Crippen LogP contribution in [-0.4, -0.2) is 17.1 Å². The number of rotatable bonds is 7. The molecule has 22 heavy (non-hydrogen) atoms. The lowest BCUT2D eigenvalue weighted by Gasteiger charge is -2.15. The molecule has 0 saturated carbocycles. The van der Waals surface area contributed by atoms with Crippen LogP contribution in [0.1, 0.15) is 35.7 Å². The van der Waals surface area contributed by atoms with Crippen LogP contribution < -0.4 is 5.32 Å². The van der Waals surface area contributed by atoms with Crippen LogP contribution in [0.15, 0.2) is 48.5 Å². The molecular weight excluding hydrogens is 298 g/mol. The van der Waals surface area contributed by atoms with E-state index in [0.29, 0.717) is 11.6 Å². The van der Waals surface area contributed by atoms with Crippen molar-refractivity contribution in [1.82, 2.24) is 0 Å². The molecule has 2 N–H and O–H groups in total. The quantitative estimate of drug-likeness (QED) is 0.766. The maximum atomic E-state index is 10.8. The van der Waals surface area contributed by atoms with Gasteiger partial charge in [-0.15, -0.1) is 0 Å². The summed E-state index contributed by atoms with van der Waals surface area (Å²) in [6.07, 6.45) is 3.16. The molecule has 2 aromatic carbocycles. The number of carbonyl (C=O) groups is 1. The average molecular weight is 318 g/mol. The maximum Gasteiger partial charge on any atom is 0.335 e. The number of benzene rings is 2. The molecular formula is C18H20ClNO2. The van der Waals surface area contributed by atoms with Crippen molar-refractivity contribution in [3.8, 4) is 0 Å². The van der Waals surface area contributed by atoms with Gasteiger partial charge in [0.2, 0.25) is 0 Å². The smallest absolute Gasteiger partial charge is 0.335 e. The van der Waals surface area contributed by atoms with Crippen LogP contribution >= 0.6 is 11.6 Å². The molecule has 0 radical (unpaired) electrons. The van der Waals surface area contributed by atoms with E-state index in [2.05, 4.69) is 24.4 Å². The van der Waals surface area contributed by atoms with Crippen LogP contribution in [0.2, 0.25) is 5.02 Å². The van der Waals surface area contributed by atoms with Gasteiger partial charge < -0.3 is 10.4 Å². The maximum absolute atomic E-state index is 10.8. The van der Waals surface area contributed by atoms with Gasteiger partial charge in [0, 0.05) is 16.8 Å². The second-order valence-electron chi connectivity index (χ2n) is 5.45. The number of carboxylic acid groups (broad SMARTS) is 1. The number of aryl methyl sites for hydroxylation is 1. The van der Waals surface area contributed by atoms with Gasteiger partial charge in [0.1, 0.15) is 0 Å². The van der Waals surface area contributed by atoms with Crippen molar-refractivity contribution in [3.05, 3.63) is 64.7 Å². The highest BCUT2D eigenvalue weighted by Gasteiger charge is 2.05. The van der Waals surface area contributed by atoms with Crippen molar-refractivity contribution in [2.24, 2.45) is 0 Å². The zero-order valence-electron chi connectivity index (χ0n) is 12.6. The predicted octanol–water partition coefficient (Wildman–Crippen LogP) is 4.86. The summed E-state index contributed by atoms with van der Waals surface area (Å²) in [4.78, 5) is 10.8. The molecule has 2 aromatic rings. The number of hydrogen-bond acceptors (Lipinski definition) is 2. The zero-order chi connectivity index (χ0) is 15.9. The molecule has 1 atom stereocenters. The first-order valence-corrected chi connectivity index (χ1v) is 7.77. The molecule has 3 nitrogen and oxygen atoms in total. The Balaban J connectivity index is 1.76. The Morgan fingerprint density at radius 3 is 2.36 bits per heavy atom. The Labute approximate surface area is 135 Å². The molecule has 0 spiro atoms. The van der Waals surface area contributed by atoms with Crippen LogP contribution in [-0.2, 0) is 6.42 Å². The fraction of sp³-hybridized carbons (Fsp3) is 0.278. The molecule has 0 heterocycles. The van der Waals surface area contributed by atoms with Crippen molar-refractivity contribution in [2.45, 2.75) is 32.2 Å². The van der Waals surface area contributed by atoms with E-state index in [4.69, 9.17) is 16.7 Å². The number of aromatic carboxylic acids is 1. The topological polar surface area (TPSA) is 49.3 Å². The number of carboxylic acids is 1. The second kappa shape index (κ2) is 7.85. The summed E-state index contributed by atoms with van der Waals surface area (Å²) in [5, 5.41) is 13.0. The normalized spacial score (nSPS) is 11.9. The standard InChI is InChI=1S/C18H20ClNO2/c1-13(3-2-4-14-5-9-16(19)10-6-14)20-17-11-7-15(8-12-17)18(21)22/h5-13,20H,2-4H2,1H3,(H,21,22). The molecule has 1 unspecified atom stereocenters.